The minimum Gasteiger partial charge on any atom is -0.496 e. The van der Waals surface area contributed by atoms with Crippen molar-refractivity contribution < 1.29 is 14.3 Å². The molecule has 0 aliphatic heterocycles. The van der Waals surface area contributed by atoms with Crippen LogP contribution in [-0.2, 0) is 11.3 Å². The number of para-hydroxylation sites is 1. The molecule has 1 rings (SSSR count). The number of nitrogens with one attached hydrogen (secondary N) is 2. The summed E-state index contributed by atoms with van der Waals surface area (Å²) in [5.74, 6) is 0.793. The van der Waals surface area contributed by atoms with E-state index in [1.165, 1.54) is 6.92 Å². The van der Waals surface area contributed by atoms with Gasteiger partial charge in [-0.3, -0.25) is 4.79 Å². The standard InChI is InChI=1S/C13H18N2O3/c1-10(16)7-8-14-13(17)15-9-11-5-3-4-6-12(11)18-2/h3-6H,7-9H2,1-2H3,(H2,14,15,17). The van der Waals surface area contributed by atoms with Gasteiger partial charge in [-0.2, -0.15) is 0 Å². The van der Waals surface area contributed by atoms with E-state index in [1.807, 2.05) is 24.3 Å². The molecule has 1 aromatic carbocycles. The molecule has 0 bridgehead atoms. The maximum atomic E-state index is 11.4. The van der Waals surface area contributed by atoms with Gasteiger partial charge in [0.2, 0.25) is 0 Å². The topological polar surface area (TPSA) is 67.4 Å². The second-order valence-electron chi connectivity index (χ2n) is 3.87. The lowest BCUT2D eigenvalue weighted by atomic mass is 10.2. The van der Waals surface area contributed by atoms with Crippen LogP contribution in [0.15, 0.2) is 24.3 Å². The van der Waals surface area contributed by atoms with Gasteiger partial charge in [0.25, 0.3) is 0 Å². The normalized spacial score (nSPS) is 9.67. The number of carbonyl (C=O) groups is 2. The average molecular weight is 250 g/mol. The lowest BCUT2D eigenvalue weighted by Gasteiger charge is -2.10. The molecule has 2 amide bonds. The third-order valence-electron chi connectivity index (χ3n) is 2.39. The Balaban J connectivity index is 2.35. The highest BCUT2D eigenvalue weighted by molar-refractivity contribution is 5.77. The molecule has 0 fully saturated rings. The average Bonchev–Trinajstić information content (AvgIpc) is 2.36. The molecule has 0 saturated carbocycles. The summed E-state index contributed by atoms with van der Waals surface area (Å²) < 4.78 is 5.17. The number of urea groups is 1. The van der Waals surface area contributed by atoms with Gasteiger partial charge in [-0.15, -0.1) is 0 Å². The van der Waals surface area contributed by atoms with Crippen LogP contribution in [-0.4, -0.2) is 25.5 Å². The summed E-state index contributed by atoms with van der Waals surface area (Å²) in [6.45, 7) is 2.23. The molecule has 0 saturated heterocycles. The van der Waals surface area contributed by atoms with Crippen molar-refractivity contribution in [1.82, 2.24) is 10.6 Å². The predicted octanol–water partition coefficient (Wildman–Crippen LogP) is 1.47. The second kappa shape index (κ2) is 7.32. The Morgan fingerprint density at radius 3 is 2.61 bits per heavy atom. The van der Waals surface area contributed by atoms with Crippen molar-refractivity contribution in [3.8, 4) is 5.75 Å². The fourth-order valence-electron chi connectivity index (χ4n) is 1.44. The smallest absolute Gasteiger partial charge is 0.315 e. The molecule has 98 valence electrons. The van der Waals surface area contributed by atoms with Gasteiger partial charge < -0.3 is 15.4 Å². The summed E-state index contributed by atoms with van der Waals surface area (Å²) >= 11 is 0. The molecule has 0 atom stereocenters. The summed E-state index contributed by atoms with van der Waals surface area (Å²) in [7, 11) is 1.59. The maximum absolute atomic E-state index is 11.4. The van der Waals surface area contributed by atoms with Crippen LogP contribution in [0.2, 0.25) is 0 Å². The molecule has 5 heteroatoms. The van der Waals surface area contributed by atoms with E-state index in [0.29, 0.717) is 19.5 Å². The highest BCUT2D eigenvalue weighted by Crippen LogP contribution is 2.16. The van der Waals surface area contributed by atoms with E-state index >= 15 is 0 Å². The van der Waals surface area contributed by atoms with Crippen LogP contribution in [0.3, 0.4) is 0 Å². The van der Waals surface area contributed by atoms with Gasteiger partial charge in [0.1, 0.15) is 11.5 Å². The Morgan fingerprint density at radius 2 is 1.94 bits per heavy atom. The van der Waals surface area contributed by atoms with E-state index in [2.05, 4.69) is 10.6 Å². The van der Waals surface area contributed by atoms with Gasteiger partial charge in [0, 0.05) is 25.1 Å². The zero-order valence-corrected chi connectivity index (χ0v) is 10.7. The molecule has 0 unspecified atom stereocenters. The van der Waals surface area contributed by atoms with Gasteiger partial charge in [-0.25, -0.2) is 4.79 Å². The van der Waals surface area contributed by atoms with E-state index in [-0.39, 0.29) is 11.8 Å². The molecule has 0 aliphatic carbocycles. The van der Waals surface area contributed by atoms with Gasteiger partial charge in [-0.05, 0) is 13.0 Å². The molecule has 2 N–H and O–H groups in total. The van der Waals surface area contributed by atoms with E-state index in [0.717, 1.165) is 11.3 Å². The Kier molecular flexibility index (Phi) is 5.70. The summed E-state index contributed by atoms with van der Waals surface area (Å²) in [6.07, 6.45) is 0.349. The van der Waals surface area contributed by atoms with Crippen molar-refractivity contribution in [2.24, 2.45) is 0 Å². The molecular weight excluding hydrogens is 232 g/mol. The molecule has 0 radical (unpaired) electrons. The lowest BCUT2D eigenvalue weighted by Crippen LogP contribution is -2.36. The van der Waals surface area contributed by atoms with Crippen LogP contribution in [0.1, 0.15) is 18.9 Å². The Hall–Kier alpha value is -2.04. The number of Topliss-reactive ketones (excluding diaryl/α,β-unsaturated/α-hetero) is 1. The number of rotatable bonds is 6. The summed E-state index contributed by atoms with van der Waals surface area (Å²) in [6, 6.07) is 7.18. The number of ketones is 1. The first-order valence-electron chi connectivity index (χ1n) is 5.76. The Bertz CT molecular complexity index is 418. The van der Waals surface area contributed by atoms with Crippen LogP contribution < -0.4 is 15.4 Å². The first kappa shape index (κ1) is 14.0. The molecule has 18 heavy (non-hydrogen) atoms. The molecule has 0 aliphatic rings. The SMILES string of the molecule is COc1ccccc1CNC(=O)NCCC(C)=O. The fourth-order valence-corrected chi connectivity index (χ4v) is 1.44. The summed E-state index contributed by atoms with van der Waals surface area (Å²) in [5, 5.41) is 5.32. The zero-order valence-electron chi connectivity index (χ0n) is 10.7. The van der Waals surface area contributed by atoms with Crippen LogP contribution in [0.25, 0.3) is 0 Å². The Morgan fingerprint density at radius 1 is 1.22 bits per heavy atom. The van der Waals surface area contributed by atoms with Crippen LogP contribution >= 0.6 is 0 Å². The van der Waals surface area contributed by atoms with Crippen LogP contribution in [0, 0.1) is 0 Å². The van der Waals surface area contributed by atoms with Crippen molar-refractivity contribution in [1.29, 1.82) is 0 Å². The quantitative estimate of drug-likeness (QED) is 0.803. The number of carbonyl (C=O) groups excluding carboxylic acids is 2. The van der Waals surface area contributed by atoms with E-state index < -0.39 is 0 Å². The van der Waals surface area contributed by atoms with Crippen molar-refractivity contribution >= 4 is 11.8 Å². The largest absolute Gasteiger partial charge is 0.496 e. The number of methoxy groups -OCH3 is 1. The van der Waals surface area contributed by atoms with E-state index in [9.17, 15) is 9.59 Å². The van der Waals surface area contributed by atoms with Crippen molar-refractivity contribution in [2.45, 2.75) is 19.9 Å². The minimum atomic E-state index is -0.290. The van der Waals surface area contributed by atoms with Crippen molar-refractivity contribution in [2.75, 3.05) is 13.7 Å². The third-order valence-corrected chi connectivity index (χ3v) is 2.39. The minimum absolute atomic E-state index is 0.0556. The molecule has 1 aromatic rings. The van der Waals surface area contributed by atoms with Gasteiger partial charge in [0.05, 0.1) is 7.11 Å². The van der Waals surface area contributed by atoms with Gasteiger partial charge in [-0.1, -0.05) is 18.2 Å². The number of hydrogen-bond acceptors (Lipinski definition) is 3. The maximum Gasteiger partial charge on any atom is 0.315 e. The predicted molar refractivity (Wildman–Crippen MR) is 68.5 cm³/mol. The highest BCUT2D eigenvalue weighted by Gasteiger charge is 2.04. The lowest BCUT2D eigenvalue weighted by molar-refractivity contribution is -0.116. The fraction of sp³-hybridized carbons (Fsp3) is 0.385. The summed E-state index contributed by atoms with van der Waals surface area (Å²) in [4.78, 5) is 22.1. The van der Waals surface area contributed by atoms with Gasteiger partial charge in [0.15, 0.2) is 0 Å². The van der Waals surface area contributed by atoms with Crippen molar-refractivity contribution in [3.63, 3.8) is 0 Å². The number of amides is 2. The van der Waals surface area contributed by atoms with Crippen LogP contribution in [0.4, 0.5) is 4.79 Å². The first-order chi connectivity index (χ1) is 8.63. The molecule has 5 nitrogen and oxygen atoms in total. The summed E-state index contributed by atoms with van der Waals surface area (Å²) in [5.41, 5.74) is 0.904. The second-order valence-corrected chi connectivity index (χ2v) is 3.87. The van der Waals surface area contributed by atoms with E-state index in [1.54, 1.807) is 7.11 Å². The monoisotopic (exact) mass is 250 g/mol. The first-order valence-corrected chi connectivity index (χ1v) is 5.76. The number of hydrogen-bond donors (Lipinski definition) is 2. The van der Waals surface area contributed by atoms with E-state index in [4.69, 9.17) is 4.74 Å². The third kappa shape index (κ3) is 4.86. The molecular formula is C13H18N2O3. The molecule has 0 spiro atoms. The number of ether oxygens (including phenoxy) is 1. The van der Waals surface area contributed by atoms with Gasteiger partial charge >= 0.3 is 6.03 Å². The Labute approximate surface area is 107 Å². The van der Waals surface area contributed by atoms with Crippen LogP contribution in [0.5, 0.6) is 5.75 Å². The van der Waals surface area contributed by atoms with Crippen molar-refractivity contribution in [3.05, 3.63) is 29.8 Å². The number of benzene rings is 1. The molecule has 0 heterocycles. The molecule has 0 aromatic heterocycles. The highest BCUT2D eigenvalue weighted by atomic mass is 16.5. The zero-order chi connectivity index (χ0) is 13.4.